The van der Waals surface area contributed by atoms with E-state index < -0.39 is 9.84 Å². The van der Waals surface area contributed by atoms with Crippen molar-refractivity contribution in [2.45, 2.75) is 9.92 Å². The third kappa shape index (κ3) is 3.81. The van der Waals surface area contributed by atoms with Crippen LogP contribution in [0.25, 0.3) is 11.5 Å². The van der Waals surface area contributed by atoms with Crippen LogP contribution in [0.3, 0.4) is 0 Å². The monoisotopic (exact) mass is 432 g/mol. The molecule has 4 rings (SSSR count). The van der Waals surface area contributed by atoms with Gasteiger partial charge in [-0.25, -0.2) is 8.42 Å². The molecular weight excluding hydrogens is 416 g/mol. The molecule has 0 amide bonds. The lowest BCUT2D eigenvalue weighted by molar-refractivity contribution is 0.171. The second-order valence-corrected chi connectivity index (χ2v) is 8.44. The summed E-state index contributed by atoms with van der Waals surface area (Å²) in [5.74, 6) is 1.07. The summed E-state index contributed by atoms with van der Waals surface area (Å²) in [5, 5.41) is 3.22. The summed E-state index contributed by atoms with van der Waals surface area (Å²) >= 11 is 5.92. The molecule has 0 aliphatic carbocycles. The third-order valence-corrected chi connectivity index (χ3v) is 6.08. The van der Waals surface area contributed by atoms with Crippen molar-refractivity contribution in [3.05, 3.63) is 60.1 Å². The molecule has 9 heteroatoms. The van der Waals surface area contributed by atoms with Crippen LogP contribution in [0.5, 0.6) is 11.5 Å². The molecule has 2 heterocycles. The first-order valence-corrected chi connectivity index (χ1v) is 10.6. The zero-order valence-electron chi connectivity index (χ0n) is 15.2. The second kappa shape index (κ2) is 7.81. The van der Waals surface area contributed by atoms with Gasteiger partial charge < -0.3 is 19.2 Å². The summed E-state index contributed by atoms with van der Waals surface area (Å²) in [6, 6.07) is 11.2. The van der Waals surface area contributed by atoms with Crippen molar-refractivity contribution >= 4 is 27.3 Å². The number of hydrogen-bond acceptors (Lipinski definition) is 7. The molecule has 29 heavy (non-hydrogen) atoms. The predicted molar refractivity (Wildman–Crippen MR) is 109 cm³/mol. The molecule has 7 nitrogen and oxygen atoms in total. The molecule has 2 aromatic carbocycles. The number of anilines is 1. The summed E-state index contributed by atoms with van der Waals surface area (Å²) in [5.41, 5.74) is 0.597. The summed E-state index contributed by atoms with van der Waals surface area (Å²) in [6.07, 6.45) is 1.59. The molecule has 0 atom stereocenters. The van der Waals surface area contributed by atoms with Gasteiger partial charge in [-0.2, -0.15) is 4.98 Å². The fraction of sp³-hybridized carbons (Fsp3) is 0.150. The van der Waals surface area contributed by atoms with E-state index in [1.807, 2.05) is 0 Å². The Morgan fingerprint density at radius 3 is 2.55 bits per heavy atom. The lowest BCUT2D eigenvalue weighted by Crippen LogP contribution is -2.16. The Morgan fingerprint density at radius 2 is 1.83 bits per heavy atom. The topological polar surface area (TPSA) is 90.7 Å². The smallest absolute Gasteiger partial charge is 0.234 e. The van der Waals surface area contributed by atoms with Gasteiger partial charge in [0.25, 0.3) is 0 Å². The number of fused-ring (bicyclic) bond motifs is 1. The lowest BCUT2D eigenvalue weighted by Gasteiger charge is -2.18. The van der Waals surface area contributed by atoms with Crippen molar-refractivity contribution in [2.24, 2.45) is 0 Å². The molecule has 1 N–H and O–H groups in total. The quantitative estimate of drug-likeness (QED) is 0.584. The van der Waals surface area contributed by atoms with Crippen LogP contribution in [0.2, 0.25) is 5.02 Å². The summed E-state index contributed by atoms with van der Waals surface area (Å²) < 4.78 is 43.3. The maximum absolute atomic E-state index is 13.3. The molecule has 0 unspecified atom stereocenters. The highest BCUT2D eigenvalue weighted by atomic mass is 35.5. The van der Waals surface area contributed by atoms with Crippen molar-refractivity contribution in [3.8, 4) is 23.0 Å². The van der Waals surface area contributed by atoms with Gasteiger partial charge >= 0.3 is 0 Å². The lowest BCUT2D eigenvalue weighted by atomic mass is 10.2. The van der Waals surface area contributed by atoms with Crippen LogP contribution in [-0.4, -0.2) is 33.2 Å². The first kappa shape index (κ1) is 19.4. The van der Waals surface area contributed by atoms with Crippen molar-refractivity contribution < 1.29 is 22.3 Å². The number of sulfone groups is 1. The van der Waals surface area contributed by atoms with Gasteiger partial charge in [-0.05, 0) is 36.4 Å². The van der Waals surface area contributed by atoms with Crippen LogP contribution in [0.1, 0.15) is 0 Å². The highest BCUT2D eigenvalue weighted by molar-refractivity contribution is 7.91. The molecule has 1 aliphatic rings. The third-order valence-electron chi connectivity index (χ3n) is 4.17. The standard InChI is InChI=1S/C20H17ClN2O5S/c1-2-9-22-19-20(23-18(28-19)13-3-5-14(21)6-4-13)29(24,25)15-7-8-16-17(12-15)27-11-10-26-16/h2-8,12,22H,1,9-11H2. The number of hydrogen-bond donors (Lipinski definition) is 1. The van der Waals surface area contributed by atoms with E-state index in [2.05, 4.69) is 16.9 Å². The average molecular weight is 433 g/mol. The first-order valence-electron chi connectivity index (χ1n) is 8.75. The normalized spacial score (nSPS) is 13.1. The van der Waals surface area contributed by atoms with E-state index in [0.717, 1.165) is 0 Å². The van der Waals surface area contributed by atoms with Crippen molar-refractivity contribution in [1.29, 1.82) is 0 Å². The maximum Gasteiger partial charge on any atom is 0.234 e. The molecule has 0 fully saturated rings. The number of aromatic nitrogens is 1. The van der Waals surface area contributed by atoms with Gasteiger partial charge in [-0.15, -0.1) is 6.58 Å². The van der Waals surface area contributed by atoms with Crippen LogP contribution in [0, 0.1) is 0 Å². The highest BCUT2D eigenvalue weighted by Crippen LogP contribution is 2.37. The Bertz CT molecular complexity index is 1160. The summed E-state index contributed by atoms with van der Waals surface area (Å²) in [7, 11) is -3.99. The predicted octanol–water partition coefficient (Wildman–Crippen LogP) is 4.20. The average Bonchev–Trinajstić information content (AvgIpc) is 3.17. The number of ether oxygens (including phenoxy) is 2. The molecule has 3 aromatic rings. The van der Waals surface area contributed by atoms with E-state index in [-0.39, 0.29) is 21.7 Å². The largest absolute Gasteiger partial charge is 0.486 e. The Hall–Kier alpha value is -2.97. The Labute approximate surface area is 172 Å². The van der Waals surface area contributed by atoms with E-state index >= 15 is 0 Å². The van der Waals surface area contributed by atoms with Crippen LogP contribution >= 0.6 is 11.6 Å². The minimum Gasteiger partial charge on any atom is -0.486 e. The highest BCUT2D eigenvalue weighted by Gasteiger charge is 2.29. The minimum absolute atomic E-state index is 0.0272. The van der Waals surface area contributed by atoms with Gasteiger partial charge in [0.1, 0.15) is 13.2 Å². The minimum atomic E-state index is -3.99. The van der Waals surface area contributed by atoms with Gasteiger partial charge in [0.2, 0.25) is 26.6 Å². The van der Waals surface area contributed by atoms with Crippen molar-refractivity contribution in [3.63, 3.8) is 0 Å². The fourth-order valence-corrected chi connectivity index (χ4v) is 4.20. The number of nitrogens with zero attached hydrogens (tertiary/aromatic N) is 1. The van der Waals surface area contributed by atoms with Crippen molar-refractivity contribution in [1.82, 2.24) is 4.98 Å². The molecule has 1 aliphatic heterocycles. The first-order chi connectivity index (χ1) is 14.0. The molecule has 0 spiro atoms. The van der Waals surface area contributed by atoms with Crippen LogP contribution in [0.15, 0.2) is 69.5 Å². The van der Waals surface area contributed by atoms with Gasteiger partial charge in [-0.3, -0.25) is 0 Å². The second-order valence-electron chi connectivity index (χ2n) is 6.14. The van der Waals surface area contributed by atoms with Crippen LogP contribution < -0.4 is 14.8 Å². The fourth-order valence-electron chi connectivity index (χ4n) is 2.78. The number of benzene rings is 2. The van der Waals surface area contributed by atoms with Crippen LogP contribution in [-0.2, 0) is 9.84 Å². The van der Waals surface area contributed by atoms with Gasteiger partial charge in [0.15, 0.2) is 11.5 Å². The van der Waals surface area contributed by atoms with Gasteiger partial charge in [-0.1, -0.05) is 17.7 Å². The van der Waals surface area contributed by atoms with Crippen molar-refractivity contribution in [2.75, 3.05) is 25.1 Å². The zero-order chi connectivity index (χ0) is 20.4. The summed E-state index contributed by atoms with van der Waals surface area (Å²) in [4.78, 5) is 4.28. The molecule has 150 valence electrons. The molecule has 0 radical (unpaired) electrons. The number of rotatable bonds is 6. The Balaban J connectivity index is 1.79. The van der Waals surface area contributed by atoms with E-state index in [9.17, 15) is 8.42 Å². The van der Waals surface area contributed by atoms with E-state index in [4.69, 9.17) is 25.5 Å². The molecule has 0 bridgehead atoms. The number of halogens is 1. The zero-order valence-corrected chi connectivity index (χ0v) is 16.8. The molecule has 1 aromatic heterocycles. The van der Waals surface area contributed by atoms with Crippen LogP contribution in [0.4, 0.5) is 5.88 Å². The maximum atomic E-state index is 13.3. The van der Waals surface area contributed by atoms with Gasteiger partial charge in [0, 0.05) is 23.2 Å². The Morgan fingerprint density at radius 1 is 1.10 bits per heavy atom. The van der Waals surface area contributed by atoms with E-state index in [1.54, 1.807) is 36.4 Å². The number of oxazole rings is 1. The van der Waals surface area contributed by atoms with E-state index in [0.29, 0.717) is 41.8 Å². The molecule has 0 saturated carbocycles. The van der Waals surface area contributed by atoms with E-state index in [1.165, 1.54) is 12.1 Å². The molecule has 0 saturated heterocycles. The summed E-state index contributed by atoms with van der Waals surface area (Å²) in [6.45, 7) is 4.71. The molecular formula is C20H17ClN2O5S. The Kier molecular flexibility index (Phi) is 5.21. The number of nitrogens with one attached hydrogen (secondary N) is 1. The van der Waals surface area contributed by atoms with Gasteiger partial charge in [0.05, 0.1) is 4.90 Å². The SMILES string of the molecule is C=CCNc1oc(-c2ccc(Cl)cc2)nc1S(=O)(=O)c1ccc2c(c1)OCCO2.